The summed E-state index contributed by atoms with van der Waals surface area (Å²) in [6, 6.07) is 4.50. The Morgan fingerprint density at radius 2 is 2.36 bits per heavy atom. The molecule has 1 atom stereocenters. The Hall–Kier alpha value is -1.42. The van der Waals surface area contributed by atoms with Crippen LogP contribution < -0.4 is 11.1 Å². The zero-order chi connectivity index (χ0) is 12.3. The summed E-state index contributed by atoms with van der Waals surface area (Å²) in [7, 11) is 0. The first kappa shape index (κ1) is 7.94. The summed E-state index contributed by atoms with van der Waals surface area (Å²) in [5, 5.41) is 2.04. The highest BCUT2D eigenvalue weighted by Crippen LogP contribution is 2.05. The number of rotatable bonds is 3. The molecule has 14 heavy (non-hydrogen) atoms. The molecule has 0 saturated heterocycles. The molecule has 0 radical (unpaired) electrons. The second-order valence-electron chi connectivity index (χ2n) is 2.88. The molecular weight excluding hydrogens is 183 g/mol. The van der Waals surface area contributed by atoms with Gasteiger partial charge in [0.15, 0.2) is 0 Å². The molecule has 1 aromatic carbocycles. The van der Waals surface area contributed by atoms with Gasteiger partial charge in [-0.2, -0.15) is 0 Å². The van der Waals surface area contributed by atoms with Crippen molar-refractivity contribution in [3.05, 3.63) is 35.6 Å². The summed E-state index contributed by atoms with van der Waals surface area (Å²) >= 11 is 0. The van der Waals surface area contributed by atoms with Crippen molar-refractivity contribution in [1.29, 1.82) is 0 Å². The first-order valence-electron chi connectivity index (χ1n) is 5.17. The van der Waals surface area contributed by atoms with Gasteiger partial charge in [-0.25, -0.2) is 4.39 Å². The molecule has 4 heteroatoms. The van der Waals surface area contributed by atoms with Gasteiger partial charge >= 0.3 is 0 Å². The molecule has 0 aromatic heterocycles. The largest absolute Gasteiger partial charge is 0.351 e. The summed E-state index contributed by atoms with van der Waals surface area (Å²) < 4.78 is 28.5. The van der Waals surface area contributed by atoms with Gasteiger partial charge in [-0.3, -0.25) is 4.79 Å². The molecule has 0 aliphatic heterocycles. The minimum absolute atomic E-state index is 0.219. The fourth-order valence-electron chi connectivity index (χ4n) is 0.805. The number of carbonyl (C=O) groups is 1. The van der Waals surface area contributed by atoms with Crippen molar-refractivity contribution in [1.82, 2.24) is 5.32 Å². The van der Waals surface area contributed by atoms with E-state index in [9.17, 15) is 9.18 Å². The van der Waals surface area contributed by atoms with Crippen molar-refractivity contribution >= 4 is 5.91 Å². The minimum Gasteiger partial charge on any atom is -0.351 e. The Morgan fingerprint density at radius 1 is 1.71 bits per heavy atom. The van der Waals surface area contributed by atoms with Crippen LogP contribution >= 0.6 is 0 Å². The molecule has 1 amide bonds. The minimum atomic E-state index is -2.27. The van der Waals surface area contributed by atoms with Crippen molar-refractivity contribution < 1.29 is 11.9 Å². The summed E-state index contributed by atoms with van der Waals surface area (Å²) in [5.74, 6) is -1.38. The third-order valence-electron chi connectivity index (χ3n) is 1.61. The second-order valence-corrected chi connectivity index (χ2v) is 2.88. The lowest BCUT2D eigenvalue weighted by Crippen LogP contribution is -2.37. The van der Waals surface area contributed by atoms with Crippen LogP contribution in [-0.2, 0) is 11.3 Å². The van der Waals surface area contributed by atoms with Crippen LogP contribution in [0.1, 0.15) is 15.2 Å². The zero-order valence-electron chi connectivity index (χ0n) is 9.75. The van der Waals surface area contributed by atoms with E-state index in [2.05, 4.69) is 0 Å². The molecular formula is C10H13FN2O. The maximum atomic E-state index is 13.3. The molecule has 3 nitrogen and oxygen atoms in total. The highest BCUT2D eigenvalue weighted by molar-refractivity contribution is 5.80. The van der Waals surface area contributed by atoms with E-state index in [1.807, 2.05) is 5.32 Å². The Kier molecular flexibility index (Phi) is 2.67. The molecule has 0 fully saturated rings. The number of benzene rings is 1. The number of nitrogens with one attached hydrogen (secondary N) is 1. The van der Waals surface area contributed by atoms with Gasteiger partial charge in [-0.05, 0) is 13.0 Å². The van der Waals surface area contributed by atoms with Crippen LogP contribution in [0.25, 0.3) is 0 Å². The van der Waals surface area contributed by atoms with Crippen molar-refractivity contribution in [2.45, 2.75) is 19.5 Å². The number of hydrogen-bond acceptors (Lipinski definition) is 2. The lowest BCUT2D eigenvalue weighted by molar-refractivity contribution is -0.122. The first-order valence-corrected chi connectivity index (χ1v) is 4.17. The highest BCUT2D eigenvalue weighted by atomic mass is 19.1. The van der Waals surface area contributed by atoms with E-state index >= 15 is 0 Å². The van der Waals surface area contributed by atoms with Crippen LogP contribution in [-0.4, -0.2) is 11.9 Å². The van der Waals surface area contributed by atoms with Crippen molar-refractivity contribution in [2.75, 3.05) is 0 Å². The van der Waals surface area contributed by atoms with Gasteiger partial charge in [0.25, 0.3) is 0 Å². The standard InChI is InChI=1S/C10H13FN2O/c1-7(12)10(14)13-6-8-4-2-3-5-9(8)11/h2-5,7H,6,12H2,1H3,(H,13,14)/t7-/m0/s1/i6D2. The normalized spacial score (nSPS) is 15.4. The van der Waals surface area contributed by atoms with Gasteiger partial charge in [-0.1, -0.05) is 18.2 Å². The van der Waals surface area contributed by atoms with Gasteiger partial charge in [0.05, 0.1) is 8.78 Å². The van der Waals surface area contributed by atoms with Gasteiger partial charge in [0.2, 0.25) is 5.91 Å². The zero-order valence-corrected chi connectivity index (χ0v) is 7.75. The van der Waals surface area contributed by atoms with Gasteiger partial charge in [0, 0.05) is 12.1 Å². The monoisotopic (exact) mass is 198 g/mol. The van der Waals surface area contributed by atoms with Crippen LogP contribution in [0.2, 0.25) is 0 Å². The van der Waals surface area contributed by atoms with Crippen LogP contribution in [0.4, 0.5) is 4.39 Å². The summed E-state index contributed by atoms with van der Waals surface area (Å²) in [6.45, 7) is -0.844. The SMILES string of the molecule is [2H]C([2H])(NC(=O)[C@H](C)N)c1ccccc1F. The number of carbonyl (C=O) groups excluding carboxylic acids is 1. The molecule has 0 unspecified atom stereocenters. The van der Waals surface area contributed by atoms with E-state index in [-0.39, 0.29) is 5.56 Å². The predicted molar refractivity (Wildman–Crippen MR) is 51.9 cm³/mol. The van der Waals surface area contributed by atoms with Gasteiger partial charge < -0.3 is 11.1 Å². The molecule has 0 spiro atoms. The lowest BCUT2D eigenvalue weighted by atomic mass is 10.2. The van der Waals surface area contributed by atoms with Crippen LogP contribution in [0, 0.1) is 5.82 Å². The molecule has 76 valence electrons. The third-order valence-corrected chi connectivity index (χ3v) is 1.61. The number of halogens is 1. The fourth-order valence-corrected chi connectivity index (χ4v) is 0.805. The molecule has 0 aliphatic carbocycles. The number of nitrogens with two attached hydrogens (primary N) is 1. The first-order chi connectivity index (χ1) is 7.34. The summed E-state index contributed by atoms with van der Waals surface area (Å²) in [5.41, 5.74) is 5.07. The lowest BCUT2D eigenvalue weighted by Gasteiger charge is -2.07. The Bertz CT molecular complexity index is 396. The molecule has 0 heterocycles. The number of hydrogen-bond donors (Lipinski definition) is 2. The Labute approximate surface area is 84.9 Å². The average molecular weight is 198 g/mol. The van der Waals surface area contributed by atoms with Crippen LogP contribution in [0.3, 0.4) is 0 Å². The Balaban J connectivity index is 2.94. The van der Waals surface area contributed by atoms with E-state index in [4.69, 9.17) is 8.48 Å². The molecule has 3 N–H and O–H groups in total. The van der Waals surface area contributed by atoms with E-state index in [0.717, 1.165) is 6.07 Å². The third kappa shape index (κ3) is 2.81. The topological polar surface area (TPSA) is 55.1 Å². The maximum Gasteiger partial charge on any atom is 0.236 e. The second kappa shape index (κ2) is 4.72. The molecule has 1 aromatic rings. The molecule has 0 bridgehead atoms. The van der Waals surface area contributed by atoms with E-state index in [1.54, 1.807) is 0 Å². The van der Waals surface area contributed by atoms with E-state index in [1.165, 1.54) is 25.1 Å². The van der Waals surface area contributed by atoms with Crippen molar-refractivity contribution in [3.63, 3.8) is 0 Å². The molecule has 1 rings (SSSR count). The van der Waals surface area contributed by atoms with E-state index in [0.29, 0.717) is 0 Å². The van der Waals surface area contributed by atoms with Crippen LogP contribution in [0.5, 0.6) is 0 Å². The predicted octanol–water partition coefficient (Wildman–Crippen LogP) is 0.789. The van der Waals surface area contributed by atoms with Gasteiger partial charge in [0.1, 0.15) is 5.82 Å². The molecule has 0 aliphatic rings. The van der Waals surface area contributed by atoms with E-state index < -0.39 is 24.3 Å². The van der Waals surface area contributed by atoms with Crippen molar-refractivity contribution in [2.24, 2.45) is 5.73 Å². The Morgan fingerprint density at radius 3 is 2.93 bits per heavy atom. The van der Waals surface area contributed by atoms with Crippen LogP contribution in [0.15, 0.2) is 24.3 Å². The smallest absolute Gasteiger partial charge is 0.236 e. The van der Waals surface area contributed by atoms with Gasteiger partial charge in [-0.15, -0.1) is 0 Å². The summed E-state index contributed by atoms with van der Waals surface area (Å²) in [6.07, 6.45) is 0. The van der Waals surface area contributed by atoms with Crippen molar-refractivity contribution in [3.8, 4) is 0 Å². The summed E-state index contributed by atoms with van der Waals surface area (Å²) in [4.78, 5) is 11.2. The maximum absolute atomic E-state index is 13.3. The highest BCUT2D eigenvalue weighted by Gasteiger charge is 2.07. The average Bonchev–Trinajstić information content (AvgIpc) is 2.17. The fraction of sp³-hybridized carbons (Fsp3) is 0.300. The quantitative estimate of drug-likeness (QED) is 0.754. The molecule has 0 saturated carbocycles. The number of amides is 1.